The zero-order valence-corrected chi connectivity index (χ0v) is 16.8. The normalized spacial score (nSPS) is 11.0. The topological polar surface area (TPSA) is 75.3 Å². The monoisotopic (exact) mass is 444 g/mol. The standard InChI is InChI=1S/C20H17BrN2O3S/c1-14-8-10-19(11-9-14)27(25,26)23-18-7-2-4-15(12-18)20(24)22-17-6-3-5-16(21)13-17/h2-13,23H,1H3,(H,22,24). The maximum atomic E-state index is 12.5. The van der Waals surface area contributed by atoms with Crippen molar-refractivity contribution < 1.29 is 13.2 Å². The molecule has 1 amide bonds. The molecule has 0 heterocycles. The number of hydrogen-bond acceptors (Lipinski definition) is 3. The summed E-state index contributed by atoms with van der Waals surface area (Å²) in [5.41, 5.74) is 2.27. The van der Waals surface area contributed by atoms with E-state index >= 15 is 0 Å². The van der Waals surface area contributed by atoms with Crippen LogP contribution >= 0.6 is 15.9 Å². The summed E-state index contributed by atoms with van der Waals surface area (Å²) in [5, 5.41) is 2.78. The summed E-state index contributed by atoms with van der Waals surface area (Å²) >= 11 is 3.35. The molecular weight excluding hydrogens is 428 g/mol. The molecule has 3 aromatic rings. The highest BCUT2D eigenvalue weighted by molar-refractivity contribution is 9.10. The Bertz CT molecular complexity index is 1080. The van der Waals surface area contributed by atoms with E-state index < -0.39 is 10.0 Å². The molecular formula is C20H17BrN2O3S. The Labute approximate surface area is 166 Å². The first kappa shape index (κ1) is 19.1. The molecule has 5 nitrogen and oxygen atoms in total. The molecule has 0 fully saturated rings. The number of nitrogens with one attached hydrogen (secondary N) is 2. The Morgan fingerprint density at radius 3 is 2.26 bits per heavy atom. The van der Waals surface area contributed by atoms with Gasteiger partial charge in [0, 0.05) is 21.4 Å². The molecule has 0 saturated carbocycles. The van der Waals surface area contributed by atoms with E-state index in [1.54, 1.807) is 54.6 Å². The summed E-state index contributed by atoms with van der Waals surface area (Å²) in [4.78, 5) is 12.6. The van der Waals surface area contributed by atoms with Crippen molar-refractivity contribution >= 4 is 43.2 Å². The summed E-state index contributed by atoms with van der Waals surface area (Å²) in [6, 6.07) is 20.1. The van der Waals surface area contributed by atoms with E-state index in [-0.39, 0.29) is 10.8 Å². The largest absolute Gasteiger partial charge is 0.322 e. The molecule has 0 aliphatic heterocycles. The number of benzene rings is 3. The minimum atomic E-state index is -3.72. The van der Waals surface area contributed by atoms with Crippen molar-refractivity contribution in [3.63, 3.8) is 0 Å². The number of anilines is 2. The van der Waals surface area contributed by atoms with Crippen LogP contribution in [0.25, 0.3) is 0 Å². The summed E-state index contributed by atoms with van der Waals surface area (Å²) in [6.45, 7) is 1.89. The zero-order chi connectivity index (χ0) is 19.4. The van der Waals surface area contributed by atoms with Gasteiger partial charge in [-0.2, -0.15) is 0 Å². The summed E-state index contributed by atoms with van der Waals surface area (Å²) in [5.74, 6) is -0.329. The number of amides is 1. The smallest absolute Gasteiger partial charge is 0.261 e. The molecule has 0 aliphatic carbocycles. The molecule has 138 valence electrons. The summed E-state index contributed by atoms with van der Waals surface area (Å²) in [7, 11) is -3.72. The highest BCUT2D eigenvalue weighted by Gasteiger charge is 2.15. The summed E-state index contributed by atoms with van der Waals surface area (Å²) < 4.78 is 28.4. The fraction of sp³-hybridized carbons (Fsp3) is 0.0500. The van der Waals surface area contributed by atoms with Crippen LogP contribution in [-0.4, -0.2) is 14.3 Å². The second kappa shape index (κ2) is 7.94. The van der Waals surface area contributed by atoms with Crippen molar-refractivity contribution in [1.29, 1.82) is 0 Å². The molecule has 3 rings (SSSR count). The Morgan fingerprint density at radius 2 is 1.56 bits per heavy atom. The van der Waals surface area contributed by atoms with Gasteiger partial charge >= 0.3 is 0 Å². The van der Waals surface area contributed by atoms with E-state index in [2.05, 4.69) is 26.0 Å². The van der Waals surface area contributed by atoms with E-state index in [1.165, 1.54) is 6.07 Å². The highest BCUT2D eigenvalue weighted by atomic mass is 79.9. The van der Waals surface area contributed by atoms with Crippen LogP contribution in [0.2, 0.25) is 0 Å². The number of carbonyl (C=O) groups excluding carboxylic acids is 1. The van der Waals surface area contributed by atoms with Crippen LogP contribution in [0.15, 0.2) is 82.2 Å². The number of aryl methyl sites for hydroxylation is 1. The van der Waals surface area contributed by atoms with Gasteiger partial charge in [0.25, 0.3) is 15.9 Å². The molecule has 0 unspecified atom stereocenters. The van der Waals surface area contributed by atoms with Crippen LogP contribution in [0.5, 0.6) is 0 Å². The molecule has 0 atom stereocenters. The third-order valence-electron chi connectivity index (χ3n) is 3.79. The fourth-order valence-electron chi connectivity index (χ4n) is 2.42. The molecule has 0 radical (unpaired) electrons. The van der Waals surface area contributed by atoms with Crippen molar-refractivity contribution in [2.24, 2.45) is 0 Å². The van der Waals surface area contributed by atoms with Gasteiger partial charge < -0.3 is 5.32 Å². The minimum absolute atomic E-state index is 0.164. The lowest BCUT2D eigenvalue weighted by Gasteiger charge is -2.10. The lowest BCUT2D eigenvalue weighted by Crippen LogP contribution is -2.15. The van der Waals surface area contributed by atoms with E-state index in [0.717, 1.165) is 10.0 Å². The predicted octanol–water partition coefficient (Wildman–Crippen LogP) is 4.81. The van der Waals surface area contributed by atoms with Gasteiger partial charge in [0.2, 0.25) is 0 Å². The number of sulfonamides is 1. The van der Waals surface area contributed by atoms with Crippen LogP contribution in [0, 0.1) is 6.92 Å². The van der Waals surface area contributed by atoms with Gasteiger partial charge in [0.15, 0.2) is 0 Å². The lowest BCUT2D eigenvalue weighted by molar-refractivity contribution is 0.102. The molecule has 0 spiro atoms. The van der Waals surface area contributed by atoms with E-state index in [9.17, 15) is 13.2 Å². The van der Waals surface area contributed by atoms with Crippen LogP contribution in [0.1, 0.15) is 15.9 Å². The van der Waals surface area contributed by atoms with Gasteiger partial charge in [-0.3, -0.25) is 9.52 Å². The number of hydrogen-bond donors (Lipinski definition) is 2. The Hall–Kier alpha value is -2.64. The number of halogens is 1. The Balaban J connectivity index is 1.79. The van der Waals surface area contributed by atoms with Gasteiger partial charge in [-0.1, -0.05) is 45.8 Å². The number of carbonyl (C=O) groups is 1. The van der Waals surface area contributed by atoms with Crippen molar-refractivity contribution in [2.75, 3.05) is 10.0 Å². The first-order valence-corrected chi connectivity index (χ1v) is 10.4. The third-order valence-corrected chi connectivity index (χ3v) is 5.68. The van der Waals surface area contributed by atoms with Crippen molar-refractivity contribution in [3.05, 3.63) is 88.4 Å². The first-order valence-electron chi connectivity index (χ1n) is 8.10. The van der Waals surface area contributed by atoms with Crippen molar-refractivity contribution in [2.45, 2.75) is 11.8 Å². The molecule has 0 saturated heterocycles. The second-order valence-corrected chi connectivity index (χ2v) is 8.56. The average Bonchev–Trinajstić information content (AvgIpc) is 2.62. The molecule has 2 N–H and O–H groups in total. The van der Waals surface area contributed by atoms with Gasteiger partial charge in [-0.15, -0.1) is 0 Å². The molecule has 3 aromatic carbocycles. The maximum absolute atomic E-state index is 12.5. The van der Waals surface area contributed by atoms with E-state index in [1.807, 2.05) is 19.1 Å². The Kier molecular flexibility index (Phi) is 5.62. The predicted molar refractivity (Wildman–Crippen MR) is 111 cm³/mol. The van der Waals surface area contributed by atoms with Gasteiger partial charge in [-0.25, -0.2) is 8.42 Å². The van der Waals surface area contributed by atoms with E-state index in [0.29, 0.717) is 16.9 Å². The van der Waals surface area contributed by atoms with Crippen LogP contribution in [0.4, 0.5) is 11.4 Å². The molecule has 7 heteroatoms. The van der Waals surface area contributed by atoms with Crippen LogP contribution < -0.4 is 10.0 Å². The van der Waals surface area contributed by atoms with Gasteiger partial charge in [-0.05, 0) is 55.5 Å². The lowest BCUT2D eigenvalue weighted by atomic mass is 10.2. The van der Waals surface area contributed by atoms with Gasteiger partial charge in [0.05, 0.1) is 4.90 Å². The minimum Gasteiger partial charge on any atom is -0.322 e. The van der Waals surface area contributed by atoms with Gasteiger partial charge in [0.1, 0.15) is 0 Å². The fourth-order valence-corrected chi connectivity index (χ4v) is 3.87. The average molecular weight is 445 g/mol. The summed E-state index contributed by atoms with van der Waals surface area (Å²) in [6.07, 6.45) is 0. The first-order chi connectivity index (χ1) is 12.8. The van der Waals surface area contributed by atoms with Crippen LogP contribution in [-0.2, 0) is 10.0 Å². The Morgan fingerprint density at radius 1 is 0.889 bits per heavy atom. The molecule has 0 aromatic heterocycles. The van der Waals surface area contributed by atoms with Crippen LogP contribution in [0.3, 0.4) is 0 Å². The quantitative estimate of drug-likeness (QED) is 0.592. The third kappa shape index (κ3) is 4.96. The maximum Gasteiger partial charge on any atom is 0.261 e. The zero-order valence-electron chi connectivity index (χ0n) is 14.4. The SMILES string of the molecule is Cc1ccc(S(=O)(=O)Nc2cccc(C(=O)Nc3cccc(Br)c3)c2)cc1. The highest BCUT2D eigenvalue weighted by Crippen LogP contribution is 2.20. The molecule has 0 aliphatic rings. The molecule has 27 heavy (non-hydrogen) atoms. The van der Waals surface area contributed by atoms with E-state index in [4.69, 9.17) is 0 Å². The van der Waals surface area contributed by atoms with Crippen molar-refractivity contribution in [3.8, 4) is 0 Å². The van der Waals surface area contributed by atoms with Crippen molar-refractivity contribution in [1.82, 2.24) is 0 Å². The molecule has 0 bridgehead atoms. The number of rotatable bonds is 5. The second-order valence-electron chi connectivity index (χ2n) is 5.96.